The standard InChI is InChI=1S/C20H28N4O3S/c1-5-23(18-11-12-28(26,27)13-18)20(25)15(3)21-19-14(2)22-24(16(19)4)17-9-7-6-8-10-17/h6-10,15,18,21H,5,11-13H2,1-4H3. The number of carbonyl (C=O) groups excluding carboxylic acids is 1. The van der Waals surface area contributed by atoms with E-state index in [2.05, 4.69) is 10.4 Å². The van der Waals surface area contributed by atoms with E-state index in [0.29, 0.717) is 13.0 Å². The van der Waals surface area contributed by atoms with Crippen molar-refractivity contribution in [2.24, 2.45) is 0 Å². The molecule has 1 fully saturated rings. The van der Waals surface area contributed by atoms with Crippen molar-refractivity contribution in [3.63, 3.8) is 0 Å². The van der Waals surface area contributed by atoms with Gasteiger partial charge in [-0.05, 0) is 46.2 Å². The molecule has 0 bridgehead atoms. The zero-order valence-electron chi connectivity index (χ0n) is 16.8. The highest BCUT2D eigenvalue weighted by molar-refractivity contribution is 7.91. The number of benzene rings is 1. The molecule has 28 heavy (non-hydrogen) atoms. The largest absolute Gasteiger partial charge is 0.371 e. The van der Waals surface area contributed by atoms with E-state index in [1.165, 1.54) is 0 Å². The van der Waals surface area contributed by atoms with E-state index in [1.807, 2.05) is 62.7 Å². The minimum atomic E-state index is -3.04. The van der Waals surface area contributed by atoms with Crippen molar-refractivity contribution in [1.82, 2.24) is 14.7 Å². The summed E-state index contributed by atoms with van der Waals surface area (Å²) in [6, 6.07) is 9.13. The summed E-state index contributed by atoms with van der Waals surface area (Å²) in [5.74, 6) is 0.130. The molecule has 0 spiro atoms. The summed E-state index contributed by atoms with van der Waals surface area (Å²) in [6.07, 6.45) is 0.513. The Hall–Kier alpha value is -2.35. The lowest BCUT2D eigenvalue weighted by atomic mass is 10.1. The van der Waals surface area contributed by atoms with Crippen molar-refractivity contribution in [3.8, 4) is 5.69 Å². The third-order valence-electron chi connectivity index (χ3n) is 5.30. The van der Waals surface area contributed by atoms with Gasteiger partial charge in [0.15, 0.2) is 9.84 Å². The monoisotopic (exact) mass is 404 g/mol. The van der Waals surface area contributed by atoms with Crippen LogP contribution >= 0.6 is 0 Å². The number of nitrogens with one attached hydrogen (secondary N) is 1. The van der Waals surface area contributed by atoms with Crippen LogP contribution in [0.2, 0.25) is 0 Å². The minimum absolute atomic E-state index is 0.0588. The summed E-state index contributed by atoms with van der Waals surface area (Å²) >= 11 is 0. The molecule has 1 amide bonds. The maximum absolute atomic E-state index is 13.0. The van der Waals surface area contributed by atoms with Gasteiger partial charge in [-0.25, -0.2) is 13.1 Å². The number of sulfone groups is 1. The van der Waals surface area contributed by atoms with Crippen LogP contribution in [-0.2, 0) is 14.6 Å². The first-order valence-electron chi connectivity index (χ1n) is 9.62. The lowest BCUT2D eigenvalue weighted by molar-refractivity contribution is -0.133. The Labute approximate surface area is 166 Å². The first kappa shape index (κ1) is 20.4. The fraction of sp³-hybridized carbons (Fsp3) is 0.500. The van der Waals surface area contributed by atoms with Gasteiger partial charge in [-0.3, -0.25) is 4.79 Å². The van der Waals surface area contributed by atoms with Crippen LogP contribution in [0.1, 0.15) is 31.7 Å². The van der Waals surface area contributed by atoms with Gasteiger partial charge in [0.05, 0.1) is 34.3 Å². The summed E-state index contributed by atoms with van der Waals surface area (Å²) < 4.78 is 25.5. The summed E-state index contributed by atoms with van der Waals surface area (Å²) in [5, 5.41) is 7.91. The van der Waals surface area contributed by atoms with Crippen molar-refractivity contribution in [3.05, 3.63) is 41.7 Å². The minimum Gasteiger partial charge on any atom is -0.371 e. The number of aromatic nitrogens is 2. The Morgan fingerprint density at radius 2 is 2.00 bits per heavy atom. The van der Waals surface area contributed by atoms with Gasteiger partial charge in [0.1, 0.15) is 6.04 Å². The van der Waals surface area contributed by atoms with Crippen LogP contribution in [0.3, 0.4) is 0 Å². The zero-order valence-corrected chi connectivity index (χ0v) is 17.7. The van der Waals surface area contributed by atoms with Crippen LogP contribution < -0.4 is 5.32 Å². The molecule has 0 radical (unpaired) electrons. The normalized spacial score (nSPS) is 19.4. The fourth-order valence-corrected chi connectivity index (χ4v) is 5.55. The lowest BCUT2D eigenvalue weighted by Gasteiger charge is -2.30. The number of nitrogens with zero attached hydrogens (tertiary/aromatic N) is 3. The summed E-state index contributed by atoms with van der Waals surface area (Å²) in [4.78, 5) is 14.7. The Balaban J connectivity index is 1.78. The van der Waals surface area contributed by atoms with E-state index in [4.69, 9.17) is 0 Å². The predicted octanol–water partition coefficient (Wildman–Crippen LogP) is 2.33. The van der Waals surface area contributed by atoms with Gasteiger partial charge in [-0.2, -0.15) is 5.10 Å². The molecule has 1 N–H and O–H groups in total. The molecular formula is C20H28N4O3S. The van der Waals surface area contributed by atoms with Gasteiger partial charge in [0, 0.05) is 12.6 Å². The SMILES string of the molecule is CCN(C(=O)C(C)Nc1c(C)nn(-c2ccccc2)c1C)C1CCS(=O)(=O)C1. The van der Waals surface area contributed by atoms with E-state index in [9.17, 15) is 13.2 Å². The number of rotatable bonds is 6. The van der Waals surface area contributed by atoms with Gasteiger partial charge < -0.3 is 10.2 Å². The number of aryl methyl sites for hydroxylation is 1. The Bertz CT molecular complexity index is 953. The molecular weight excluding hydrogens is 376 g/mol. The number of para-hydroxylation sites is 1. The zero-order chi connectivity index (χ0) is 20.5. The first-order valence-corrected chi connectivity index (χ1v) is 11.4. The van der Waals surface area contributed by atoms with E-state index in [-0.39, 0.29) is 23.5 Å². The fourth-order valence-electron chi connectivity index (χ4n) is 3.81. The third kappa shape index (κ3) is 4.06. The second-order valence-electron chi connectivity index (χ2n) is 7.34. The smallest absolute Gasteiger partial charge is 0.245 e. The molecule has 0 aliphatic carbocycles. The number of amides is 1. The highest BCUT2D eigenvalue weighted by Gasteiger charge is 2.35. The van der Waals surface area contributed by atoms with Crippen LogP contribution in [-0.4, -0.2) is 59.1 Å². The van der Waals surface area contributed by atoms with E-state index >= 15 is 0 Å². The Kier molecular flexibility index (Phi) is 5.79. The van der Waals surface area contributed by atoms with Crippen LogP contribution in [0.5, 0.6) is 0 Å². The summed E-state index contributed by atoms with van der Waals surface area (Å²) in [7, 11) is -3.04. The summed E-state index contributed by atoms with van der Waals surface area (Å²) in [5.41, 5.74) is 3.53. The van der Waals surface area contributed by atoms with Gasteiger partial charge in [0.2, 0.25) is 5.91 Å². The van der Waals surface area contributed by atoms with Gasteiger partial charge >= 0.3 is 0 Å². The summed E-state index contributed by atoms with van der Waals surface area (Å²) in [6.45, 7) is 8.07. The quantitative estimate of drug-likeness (QED) is 0.799. The molecule has 1 aromatic heterocycles. The molecule has 2 atom stereocenters. The number of likely N-dealkylation sites (N-methyl/N-ethyl adjacent to an activating group) is 1. The van der Waals surface area contributed by atoms with Crippen LogP contribution in [0.15, 0.2) is 30.3 Å². The number of hydrogen-bond acceptors (Lipinski definition) is 5. The van der Waals surface area contributed by atoms with E-state index in [0.717, 1.165) is 22.8 Å². The maximum Gasteiger partial charge on any atom is 0.245 e. The molecule has 7 nitrogen and oxygen atoms in total. The number of carbonyl (C=O) groups is 1. The van der Waals surface area contributed by atoms with E-state index < -0.39 is 15.9 Å². The Morgan fingerprint density at radius 3 is 2.57 bits per heavy atom. The van der Waals surface area contributed by atoms with E-state index in [1.54, 1.807) is 4.90 Å². The molecule has 2 unspecified atom stereocenters. The first-order chi connectivity index (χ1) is 13.2. The van der Waals surface area contributed by atoms with Crippen LogP contribution in [0.4, 0.5) is 5.69 Å². The van der Waals surface area contributed by atoms with Gasteiger partial charge in [-0.15, -0.1) is 0 Å². The third-order valence-corrected chi connectivity index (χ3v) is 7.05. The highest BCUT2D eigenvalue weighted by atomic mass is 32.2. The molecule has 8 heteroatoms. The van der Waals surface area contributed by atoms with Crippen molar-refractivity contribution < 1.29 is 13.2 Å². The van der Waals surface area contributed by atoms with Crippen LogP contribution in [0.25, 0.3) is 5.69 Å². The molecule has 1 aliphatic heterocycles. The van der Waals surface area contributed by atoms with Gasteiger partial charge in [-0.1, -0.05) is 18.2 Å². The molecule has 0 saturated carbocycles. The van der Waals surface area contributed by atoms with Gasteiger partial charge in [0.25, 0.3) is 0 Å². The average Bonchev–Trinajstić information content (AvgIpc) is 3.16. The van der Waals surface area contributed by atoms with Crippen LogP contribution in [0, 0.1) is 13.8 Å². The number of anilines is 1. The molecule has 1 aromatic carbocycles. The topological polar surface area (TPSA) is 84.3 Å². The number of hydrogen-bond donors (Lipinski definition) is 1. The van der Waals surface area contributed by atoms with Crippen molar-refractivity contribution in [1.29, 1.82) is 0 Å². The van der Waals surface area contributed by atoms with Crippen molar-refractivity contribution in [2.45, 2.75) is 46.2 Å². The molecule has 1 saturated heterocycles. The molecule has 2 aromatic rings. The second kappa shape index (κ2) is 7.95. The molecule has 2 heterocycles. The molecule has 152 valence electrons. The maximum atomic E-state index is 13.0. The molecule has 1 aliphatic rings. The lowest BCUT2D eigenvalue weighted by Crippen LogP contribution is -2.47. The average molecular weight is 405 g/mol. The highest BCUT2D eigenvalue weighted by Crippen LogP contribution is 2.25. The molecule has 3 rings (SSSR count). The Morgan fingerprint density at radius 1 is 1.32 bits per heavy atom. The predicted molar refractivity (Wildman–Crippen MR) is 111 cm³/mol. The van der Waals surface area contributed by atoms with Crippen molar-refractivity contribution in [2.75, 3.05) is 23.4 Å². The second-order valence-corrected chi connectivity index (χ2v) is 9.57. The van der Waals surface area contributed by atoms with Crippen molar-refractivity contribution >= 4 is 21.4 Å².